The molecule has 0 spiro atoms. The van der Waals surface area contributed by atoms with E-state index >= 15 is 0 Å². The molecular formula is C16H19N3O2. The fraction of sp³-hybridized carbons (Fsp3) is 0.250. The lowest BCUT2D eigenvalue weighted by Gasteiger charge is -2.14. The minimum absolute atomic E-state index is 0.595. The van der Waals surface area contributed by atoms with E-state index in [1.165, 1.54) is 0 Å². The van der Waals surface area contributed by atoms with Gasteiger partial charge in [-0.2, -0.15) is 0 Å². The molecule has 1 N–H and O–H groups in total. The first-order valence-corrected chi connectivity index (χ1v) is 6.64. The fourth-order valence-corrected chi connectivity index (χ4v) is 2.09. The van der Waals surface area contributed by atoms with Crippen LogP contribution in [0.2, 0.25) is 0 Å². The molecule has 0 atom stereocenters. The van der Waals surface area contributed by atoms with Crippen LogP contribution in [-0.2, 0) is 13.0 Å². The Morgan fingerprint density at radius 3 is 2.57 bits per heavy atom. The van der Waals surface area contributed by atoms with Gasteiger partial charge >= 0.3 is 0 Å². The zero-order chi connectivity index (χ0) is 15.1. The van der Waals surface area contributed by atoms with Gasteiger partial charge in [0.1, 0.15) is 0 Å². The monoisotopic (exact) mass is 285 g/mol. The number of allylic oxidation sites excluding steroid dienone is 1. The number of nitrogens with zero attached hydrogens (tertiary/aromatic N) is 2. The quantitative estimate of drug-likeness (QED) is 0.793. The van der Waals surface area contributed by atoms with Crippen LogP contribution in [-0.4, -0.2) is 24.2 Å². The highest BCUT2D eigenvalue weighted by atomic mass is 16.5. The molecule has 1 heterocycles. The zero-order valence-corrected chi connectivity index (χ0v) is 12.3. The van der Waals surface area contributed by atoms with Crippen molar-refractivity contribution in [1.82, 2.24) is 9.97 Å². The maximum Gasteiger partial charge on any atom is 0.222 e. The normalized spacial score (nSPS) is 10.0. The third-order valence-electron chi connectivity index (χ3n) is 3.00. The van der Waals surface area contributed by atoms with E-state index in [1.807, 2.05) is 12.1 Å². The summed E-state index contributed by atoms with van der Waals surface area (Å²) in [7, 11) is 3.27. The van der Waals surface area contributed by atoms with E-state index in [9.17, 15) is 0 Å². The van der Waals surface area contributed by atoms with Gasteiger partial charge in [-0.15, -0.1) is 6.58 Å². The van der Waals surface area contributed by atoms with Crippen LogP contribution in [0.1, 0.15) is 11.1 Å². The first-order valence-electron chi connectivity index (χ1n) is 6.64. The van der Waals surface area contributed by atoms with E-state index in [0.717, 1.165) is 23.3 Å². The van der Waals surface area contributed by atoms with Gasteiger partial charge in [0.15, 0.2) is 11.5 Å². The van der Waals surface area contributed by atoms with E-state index in [4.69, 9.17) is 9.47 Å². The molecule has 0 bridgehead atoms. The van der Waals surface area contributed by atoms with Crippen LogP contribution in [0.5, 0.6) is 11.5 Å². The van der Waals surface area contributed by atoms with Crippen molar-refractivity contribution in [3.63, 3.8) is 0 Å². The number of anilines is 1. The molecule has 5 heteroatoms. The number of benzene rings is 1. The standard InChI is InChI=1S/C16H19N3O2/c1-4-6-13-9-12(10-14(20-2)15(13)21-3)11-19-16-17-7-5-8-18-16/h4-5,7-10H,1,6,11H2,2-3H3,(H,17,18,19). The van der Waals surface area contributed by atoms with E-state index < -0.39 is 0 Å². The van der Waals surface area contributed by atoms with Gasteiger partial charge in [-0.1, -0.05) is 6.08 Å². The van der Waals surface area contributed by atoms with Crippen molar-refractivity contribution < 1.29 is 9.47 Å². The Balaban J connectivity index is 2.23. The molecule has 1 aromatic heterocycles. The minimum Gasteiger partial charge on any atom is -0.493 e. The van der Waals surface area contributed by atoms with Crippen LogP contribution in [0.4, 0.5) is 5.95 Å². The topological polar surface area (TPSA) is 56.3 Å². The molecule has 5 nitrogen and oxygen atoms in total. The van der Waals surface area contributed by atoms with Gasteiger partial charge in [0.2, 0.25) is 5.95 Å². The second kappa shape index (κ2) is 7.28. The summed E-state index contributed by atoms with van der Waals surface area (Å²) in [6, 6.07) is 5.80. The summed E-state index contributed by atoms with van der Waals surface area (Å²) in [5.74, 6) is 2.05. The van der Waals surface area contributed by atoms with Crippen LogP contribution < -0.4 is 14.8 Å². The highest BCUT2D eigenvalue weighted by Crippen LogP contribution is 2.33. The molecule has 0 saturated heterocycles. The van der Waals surface area contributed by atoms with Crippen molar-refractivity contribution in [2.45, 2.75) is 13.0 Å². The summed E-state index contributed by atoms with van der Waals surface area (Å²) in [6.07, 6.45) is 5.96. The summed E-state index contributed by atoms with van der Waals surface area (Å²) < 4.78 is 10.8. The van der Waals surface area contributed by atoms with E-state index in [2.05, 4.69) is 27.9 Å². The number of ether oxygens (including phenoxy) is 2. The Kier molecular flexibility index (Phi) is 5.15. The van der Waals surface area contributed by atoms with Crippen molar-refractivity contribution in [3.8, 4) is 11.5 Å². The van der Waals surface area contributed by atoms with Gasteiger partial charge in [0, 0.05) is 24.5 Å². The summed E-state index contributed by atoms with van der Waals surface area (Å²) in [4.78, 5) is 8.27. The largest absolute Gasteiger partial charge is 0.493 e. The second-order valence-electron chi connectivity index (χ2n) is 4.41. The second-order valence-corrected chi connectivity index (χ2v) is 4.41. The van der Waals surface area contributed by atoms with Crippen LogP contribution in [0.25, 0.3) is 0 Å². The molecule has 1 aromatic carbocycles. The maximum absolute atomic E-state index is 5.42. The van der Waals surface area contributed by atoms with Crippen LogP contribution in [0.15, 0.2) is 43.2 Å². The predicted octanol–water partition coefficient (Wildman–Crippen LogP) is 2.83. The molecule has 0 unspecified atom stereocenters. The van der Waals surface area contributed by atoms with Gasteiger partial charge in [-0.05, 0) is 30.2 Å². The Morgan fingerprint density at radius 2 is 1.95 bits per heavy atom. The molecular weight excluding hydrogens is 266 g/mol. The molecule has 2 aromatic rings. The number of methoxy groups -OCH3 is 2. The molecule has 0 aliphatic carbocycles. The average Bonchev–Trinajstić information content (AvgIpc) is 2.53. The third-order valence-corrected chi connectivity index (χ3v) is 3.00. The molecule has 2 rings (SSSR count). The molecule has 21 heavy (non-hydrogen) atoms. The summed E-state index contributed by atoms with van der Waals surface area (Å²) in [5, 5.41) is 3.17. The van der Waals surface area contributed by atoms with Crippen LogP contribution in [0, 0.1) is 0 Å². The zero-order valence-electron chi connectivity index (χ0n) is 12.3. The Bertz CT molecular complexity index is 600. The summed E-state index contributed by atoms with van der Waals surface area (Å²) in [6.45, 7) is 4.38. The molecule has 0 radical (unpaired) electrons. The number of hydrogen-bond donors (Lipinski definition) is 1. The number of nitrogens with one attached hydrogen (secondary N) is 1. The highest BCUT2D eigenvalue weighted by molar-refractivity contribution is 5.50. The van der Waals surface area contributed by atoms with E-state index in [1.54, 1.807) is 32.7 Å². The lowest BCUT2D eigenvalue weighted by Crippen LogP contribution is -2.05. The number of aromatic nitrogens is 2. The minimum atomic E-state index is 0.595. The van der Waals surface area contributed by atoms with Crippen molar-refractivity contribution in [1.29, 1.82) is 0 Å². The first kappa shape index (κ1) is 14.8. The number of rotatable bonds is 7. The maximum atomic E-state index is 5.42. The van der Waals surface area contributed by atoms with Crippen molar-refractivity contribution in [2.75, 3.05) is 19.5 Å². The smallest absolute Gasteiger partial charge is 0.222 e. The van der Waals surface area contributed by atoms with Crippen molar-refractivity contribution >= 4 is 5.95 Å². The van der Waals surface area contributed by atoms with Gasteiger partial charge in [0.25, 0.3) is 0 Å². The number of hydrogen-bond acceptors (Lipinski definition) is 5. The Labute approximate surface area is 124 Å². The van der Waals surface area contributed by atoms with Crippen molar-refractivity contribution in [2.24, 2.45) is 0 Å². The predicted molar refractivity (Wildman–Crippen MR) is 82.8 cm³/mol. The molecule has 0 fully saturated rings. The first-order chi connectivity index (χ1) is 10.3. The highest BCUT2D eigenvalue weighted by Gasteiger charge is 2.11. The molecule has 0 aliphatic rings. The fourth-order valence-electron chi connectivity index (χ4n) is 2.09. The van der Waals surface area contributed by atoms with E-state index in [-0.39, 0.29) is 0 Å². The summed E-state index contributed by atoms with van der Waals surface area (Å²) in [5.41, 5.74) is 2.11. The SMILES string of the molecule is C=CCc1cc(CNc2ncccn2)cc(OC)c1OC. The van der Waals surface area contributed by atoms with Crippen LogP contribution >= 0.6 is 0 Å². The summed E-state index contributed by atoms with van der Waals surface area (Å²) >= 11 is 0. The molecule has 0 aliphatic heterocycles. The van der Waals surface area contributed by atoms with Crippen LogP contribution in [0.3, 0.4) is 0 Å². The third kappa shape index (κ3) is 3.72. The van der Waals surface area contributed by atoms with E-state index in [0.29, 0.717) is 18.2 Å². The Hall–Kier alpha value is -2.56. The lowest BCUT2D eigenvalue weighted by molar-refractivity contribution is 0.352. The van der Waals surface area contributed by atoms with Gasteiger partial charge < -0.3 is 14.8 Å². The lowest BCUT2D eigenvalue weighted by atomic mass is 10.1. The van der Waals surface area contributed by atoms with Gasteiger partial charge in [0.05, 0.1) is 14.2 Å². The molecule has 0 amide bonds. The average molecular weight is 285 g/mol. The molecule has 0 saturated carbocycles. The van der Waals surface area contributed by atoms with Gasteiger partial charge in [-0.3, -0.25) is 0 Å². The molecule has 110 valence electrons. The van der Waals surface area contributed by atoms with Crippen molar-refractivity contribution in [3.05, 3.63) is 54.4 Å². The van der Waals surface area contributed by atoms with Gasteiger partial charge in [-0.25, -0.2) is 9.97 Å². The Morgan fingerprint density at radius 1 is 1.19 bits per heavy atom.